The van der Waals surface area contributed by atoms with E-state index in [0.29, 0.717) is 16.7 Å². The van der Waals surface area contributed by atoms with E-state index in [1.807, 2.05) is 24.3 Å². The molecule has 182 valence electrons. The Morgan fingerprint density at radius 2 is 1.97 bits per heavy atom. The van der Waals surface area contributed by atoms with Gasteiger partial charge in [-0.05, 0) is 81.3 Å². The first-order valence-corrected chi connectivity index (χ1v) is 12.8. The van der Waals surface area contributed by atoms with Crippen LogP contribution in [0.4, 0.5) is 5.82 Å². The summed E-state index contributed by atoms with van der Waals surface area (Å²) in [6.45, 7) is 2.25. The Morgan fingerprint density at radius 1 is 1.14 bits per heavy atom. The number of rotatable bonds is 7. The van der Waals surface area contributed by atoms with Gasteiger partial charge in [-0.3, -0.25) is 4.79 Å². The number of nitrogens with zero attached hydrogens (tertiary/aromatic N) is 4. The first kappa shape index (κ1) is 23.5. The Morgan fingerprint density at radius 3 is 2.74 bits per heavy atom. The Hall–Kier alpha value is -3.19. The van der Waals surface area contributed by atoms with E-state index in [-0.39, 0.29) is 11.8 Å². The van der Waals surface area contributed by atoms with Gasteiger partial charge in [0.2, 0.25) is 11.7 Å². The van der Waals surface area contributed by atoms with Crippen molar-refractivity contribution in [2.45, 2.75) is 44.9 Å². The second-order valence-corrected chi connectivity index (χ2v) is 9.65. The smallest absolute Gasteiger partial charge is 0.261 e. The molecule has 0 bridgehead atoms. The second-order valence-electron chi connectivity index (χ2n) is 9.22. The van der Waals surface area contributed by atoms with Crippen LogP contribution in [0.1, 0.15) is 44.9 Å². The number of carbonyl (C=O) groups is 1. The van der Waals surface area contributed by atoms with Crippen LogP contribution in [0.5, 0.6) is 0 Å². The van der Waals surface area contributed by atoms with Crippen molar-refractivity contribution in [1.82, 2.24) is 20.4 Å². The lowest BCUT2D eigenvalue weighted by Gasteiger charge is -2.32. The summed E-state index contributed by atoms with van der Waals surface area (Å²) in [7, 11) is 0. The summed E-state index contributed by atoms with van der Waals surface area (Å²) in [6, 6.07) is 11.1. The molecule has 2 aromatic heterocycles. The predicted molar refractivity (Wildman–Crippen MR) is 137 cm³/mol. The van der Waals surface area contributed by atoms with Crippen LogP contribution in [0.15, 0.2) is 58.8 Å². The van der Waals surface area contributed by atoms with Crippen LogP contribution in [-0.4, -0.2) is 40.7 Å². The zero-order valence-electron chi connectivity index (χ0n) is 19.8. The number of piperidine rings is 1. The minimum atomic E-state index is 0.0404. The third kappa shape index (κ3) is 5.73. The summed E-state index contributed by atoms with van der Waals surface area (Å²) in [5, 5.41) is 7.96. The van der Waals surface area contributed by atoms with Gasteiger partial charge in [-0.1, -0.05) is 28.4 Å². The number of aromatic nitrogens is 3. The maximum atomic E-state index is 12.7. The van der Waals surface area contributed by atoms with Crippen LogP contribution in [0.2, 0.25) is 5.02 Å². The molecule has 5 rings (SSSR count). The number of benzene rings is 1. The van der Waals surface area contributed by atoms with Crippen molar-refractivity contribution >= 4 is 23.3 Å². The van der Waals surface area contributed by atoms with E-state index in [9.17, 15) is 4.79 Å². The fourth-order valence-corrected chi connectivity index (χ4v) is 4.97. The van der Waals surface area contributed by atoms with Gasteiger partial charge in [0.15, 0.2) is 0 Å². The molecule has 2 aliphatic rings. The molecule has 3 heterocycles. The number of halogens is 1. The van der Waals surface area contributed by atoms with Crippen molar-refractivity contribution in [3.63, 3.8) is 0 Å². The Bertz CT molecular complexity index is 1180. The highest BCUT2D eigenvalue weighted by molar-refractivity contribution is 6.30. The molecule has 7 nitrogen and oxygen atoms in total. The van der Waals surface area contributed by atoms with E-state index >= 15 is 0 Å². The highest BCUT2D eigenvalue weighted by Crippen LogP contribution is 2.32. The number of anilines is 1. The second kappa shape index (κ2) is 11.0. The van der Waals surface area contributed by atoms with Crippen molar-refractivity contribution < 1.29 is 9.32 Å². The van der Waals surface area contributed by atoms with Crippen molar-refractivity contribution in [2.75, 3.05) is 24.5 Å². The van der Waals surface area contributed by atoms with E-state index in [1.54, 1.807) is 18.3 Å². The molecule has 0 saturated carbocycles. The molecule has 0 radical (unpaired) electrons. The lowest BCUT2D eigenvalue weighted by atomic mass is 9.95. The zero-order valence-corrected chi connectivity index (χ0v) is 20.5. The van der Waals surface area contributed by atoms with Crippen LogP contribution >= 0.6 is 11.6 Å². The molecule has 0 unspecified atom stereocenters. The third-order valence-electron chi connectivity index (χ3n) is 6.84. The molecule has 1 saturated heterocycles. The largest absolute Gasteiger partial charge is 0.356 e. The average molecular weight is 492 g/mol. The normalized spacial score (nSPS) is 16.7. The van der Waals surface area contributed by atoms with Gasteiger partial charge in [0.25, 0.3) is 5.89 Å². The van der Waals surface area contributed by atoms with Gasteiger partial charge in [0.05, 0.1) is 5.56 Å². The molecule has 1 N–H and O–H groups in total. The van der Waals surface area contributed by atoms with E-state index in [4.69, 9.17) is 16.1 Å². The zero-order chi connectivity index (χ0) is 24.0. The van der Waals surface area contributed by atoms with E-state index < -0.39 is 0 Å². The third-order valence-corrected chi connectivity index (χ3v) is 7.09. The van der Waals surface area contributed by atoms with E-state index in [2.05, 4.69) is 31.4 Å². The lowest BCUT2D eigenvalue weighted by molar-refractivity contribution is -0.125. The maximum Gasteiger partial charge on any atom is 0.261 e. The molecule has 1 amide bonds. The molecule has 0 spiro atoms. The number of hydrogen-bond acceptors (Lipinski definition) is 6. The van der Waals surface area contributed by atoms with E-state index in [1.165, 1.54) is 31.3 Å². The van der Waals surface area contributed by atoms with Crippen LogP contribution in [0.25, 0.3) is 22.8 Å². The van der Waals surface area contributed by atoms with Crippen molar-refractivity contribution in [1.29, 1.82) is 0 Å². The molecule has 1 aliphatic carbocycles. The molecule has 3 aromatic rings. The highest BCUT2D eigenvalue weighted by atomic mass is 35.5. The highest BCUT2D eigenvalue weighted by Gasteiger charge is 2.27. The molecule has 0 atom stereocenters. The fraction of sp³-hybridized carbons (Fsp3) is 0.407. The fourth-order valence-electron chi connectivity index (χ4n) is 4.84. The number of pyridine rings is 1. The Kier molecular flexibility index (Phi) is 7.42. The summed E-state index contributed by atoms with van der Waals surface area (Å²) in [4.78, 5) is 24.1. The quantitative estimate of drug-likeness (QED) is 0.428. The van der Waals surface area contributed by atoms with Crippen LogP contribution in [-0.2, 0) is 4.79 Å². The average Bonchev–Trinajstić information content (AvgIpc) is 3.40. The number of nitrogens with one attached hydrogen (secondary N) is 1. The van der Waals surface area contributed by atoms with Gasteiger partial charge in [-0.2, -0.15) is 4.98 Å². The summed E-state index contributed by atoms with van der Waals surface area (Å²) >= 11 is 5.99. The topological polar surface area (TPSA) is 84.2 Å². The molecule has 1 aromatic carbocycles. The monoisotopic (exact) mass is 491 g/mol. The molecule has 35 heavy (non-hydrogen) atoms. The summed E-state index contributed by atoms with van der Waals surface area (Å²) in [6.07, 6.45) is 11.6. The van der Waals surface area contributed by atoms with Crippen LogP contribution < -0.4 is 10.2 Å². The molecular formula is C27H30ClN5O2. The van der Waals surface area contributed by atoms with E-state index in [0.717, 1.165) is 55.8 Å². The first-order chi connectivity index (χ1) is 17.2. The van der Waals surface area contributed by atoms with Crippen LogP contribution in [0.3, 0.4) is 0 Å². The van der Waals surface area contributed by atoms with Gasteiger partial charge in [-0.25, -0.2) is 4.98 Å². The van der Waals surface area contributed by atoms with Crippen LogP contribution in [0, 0.1) is 5.92 Å². The Balaban J connectivity index is 1.20. The van der Waals surface area contributed by atoms with Gasteiger partial charge in [-0.15, -0.1) is 0 Å². The number of hydrogen-bond donors (Lipinski definition) is 1. The number of carbonyl (C=O) groups excluding carboxylic acids is 1. The molecule has 1 aliphatic heterocycles. The SMILES string of the molecule is O=C(NCCC1=CCCCC1)C1CCN(c2ncccc2-c2nc(-c3ccc(Cl)cc3)no2)CC1. The van der Waals surface area contributed by atoms with Gasteiger partial charge in [0.1, 0.15) is 5.82 Å². The van der Waals surface area contributed by atoms with Crippen molar-refractivity contribution in [3.8, 4) is 22.8 Å². The van der Waals surface area contributed by atoms with Gasteiger partial charge in [0, 0.05) is 42.3 Å². The number of amides is 1. The van der Waals surface area contributed by atoms with Crippen molar-refractivity contribution in [2.24, 2.45) is 5.92 Å². The minimum absolute atomic E-state index is 0.0404. The molecule has 8 heteroatoms. The summed E-state index contributed by atoms with van der Waals surface area (Å²) in [5.74, 6) is 1.95. The summed E-state index contributed by atoms with van der Waals surface area (Å²) < 4.78 is 5.59. The predicted octanol–water partition coefficient (Wildman–Crippen LogP) is 5.68. The standard InChI is InChI=1S/C27H30ClN5O2/c28-22-10-8-20(9-11-22)24-31-27(35-32-24)23-7-4-15-29-25(23)33-17-13-21(14-18-33)26(34)30-16-12-19-5-2-1-3-6-19/h4-5,7-11,15,21H,1-3,6,12-14,16-18H2,(H,30,34). The lowest BCUT2D eigenvalue weighted by Crippen LogP contribution is -2.41. The maximum absolute atomic E-state index is 12.7. The van der Waals surface area contributed by atoms with Gasteiger partial charge >= 0.3 is 0 Å². The minimum Gasteiger partial charge on any atom is -0.356 e. The first-order valence-electron chi connectivity index (χ1n) is 12.4. The summed E-state index contributed by atoms with van der Waals surface area (Å²) in [5.41, 5.74) is 3.12. The number of allylic oxidation sites excluding steroid dienone is 1. The van der Waals surface area contributed by atoms with Gasteiger partial charge < -0.3 is 14.7 Å². The molecular weight excluding hydrogens is 462 g/mol. The van der Waals surface area contributed by atoms with Crippen molar-refractivity contribution in [3.05, 3.63) is 59.3 Å². The Labute approximate surface area is 210 Å². The molecule has 1 fully saturated rings.